The van der Waals surface area contributed by atoms with Gasteiger partial charge in [-0.1, -0.05) is 13.8 Å². The van der Waals surface area contributed by atoms with Crippen LogP contribution in [0.15, 0.2) is 0 Å². The van der Waals surface area contributed by atoms with Crippen LogP contribution in [0.4, 0.5) is 0 Å². The number of amides is 2. The van der Waals surface area contributed by atoms with E-state index in [1.165, 1.54) is 0 Å². The van der Waals surface area contributed by atoms with Gasteiger partial charge in [-0.2, -0.15) is 0 Å². The van der Waals surface area contributed by atoms with E-state index in [9.17, 15) is 9.59 Å². The van der Waals surface area contributed by atoms with Crippen molar-refractivity contribution in [1.29, 1.82) is 0 Å². The molecule has 1 unspecified atom stereocenters. The lowest BCUT2D eigenvalue weighted by Crippen LogP contribution is -2.48. The van der Waals surface area contributed by atoms with Crippen molar-refractivity contribution in [1.82, 2.24) is 10.6 Å². The molecule has 1 fully saturated rings. The maximum Gasteiger partial charge on any atom is 0.237 e. The summed E-state index contributed by atoms with van der Waals surface area (Å²) in [7, 11) is 0. The molecule has 0 aliphatic carbocycles. The van der Waals surface area contributed by atoms with Gasteiger partial charge in [-0.05, 0) is 5.92 Å². The monoisotopic (exact) mass is 199 g/mol. The quantitative estimate of drug-likeness (QED) is 0.543. The Bertz CT molecular complexity index is 240. The Morgan fingerprint density at radius 2 is 2.29 bits per heavy atom. The Morgan fingerprint density at radius 3 is 2.71 bits per heavy atom. The maximum absolute atomic E-state index is 11.5. The fourth-order valence-corrected chi connectivity index (χ4v) is 1.31. The van der Waals surface area contributed by atoms with E-state index in [-0.39, 0.29) is 23.8 Å². The third kappa shape index (κ3) is 2.70. The van der Waals surface area contributed by atoms with Gasteiger partial charge in [0.2, 0.25) is 11.8 Å². The van der Waals surface area contributed by atoms with Crippen molar-refractivity contribution in [2.24, 2.45) is 11.7 Å². The molecule has 2 atom stereocenters. The van der Waals surface area contributed by atoms with Crippen molar-refractivity contribution < 1.29 is 9.59 Å². The SMILES string of the molecule is CC(C)[C@H](N)C(=O)NC1CNC(=O)C1. The van der Waals surface area contributed by atoms with Gasteiger partial charge in [0.1, 0.15) is 0 Å². The number of hydrogen-bond donors (Lipinski definition) is 3. The van der Waals surface area contributed by atoms with E-state index in [0.29, 0.717) is 13.0 Å². The van der Waals surface area contributed by atoms with Crippen LogP contribution >= 0.6 is 0 Å². The number of rotatable bonds is 3. The van der Waals surface area contributed by atoms with Crippen LogP contribution in [0.5, 0.6) is 0 Å². The summed E-state index contributed by atoms with van der Waals surface area (Å²) in [4.78, 5) is 22.3. The molecule has 0 aromatic rings. The third-order valence-corrected chi connectivity index (χ3v) is 2.34. The van der Waals surface area contributed by atoms with E-state index in [1.807, 2.05) is 13.8 Å². The van der Waals surface area contributed by atoms with Crippen molar-refractivity contribution in [3.63, 3.8) is 0 Å². The van der Waals surface area contributed by atoms with Crippen LogP contribution in [0, 0.1) is 5.92 Å². The van der Waals surface area contributed by atoms with E-state index in [0.717, 1.165) is 0 Å². The zero-order valence-electron chi connectivity index (χ0n) is 8.54. The largest absolute Gasteiger partial charge is 0.354 e. The van der Waals surface area contributed by atoms with Gasteiger partial charge >= 0.3 is 0 Å². The van der Waals surface area contributed by atoms with Gasteiger partial charge in [0.25, 0.3) is 0 Å². The van der Waals surface area contributed by atoms with Gasteiger partial charge in [-0.25, -0.2) is 0 Å². The molecule has 1 rings (SSSR count). The zero-order chi connectivity index (χ0) is 10.7. The predicted octanol–water partition coefficient (Wildman–Crippen LogP) is -1.03. The molecule has 0 saturated carbocycles. The molecule has 2 amide bonds. The molecule has 4 N–H and O–H groups in total. The van der Waals surface area contributed by atoms with E-state index < -0.39 is 6.04 Å². The van der Waals surface area contributed by atoms with E-state index in [2.05, 4.69) is 10.6 Å². The zero-order valence-corrected chi connectivity index (χ0v) is 8.54. The number of hydrogen-bond acceptors (Lipinski definition) is 3. The van der Waals surface area contributed by atoms with Gasteiger partial charge in [0, 0.05) is 13.0 Å². The minimum atomic E-state index is -0.495. The minimum absolute atomic E-state index is 0.0200. The summed E-state index contributed by atoms with van der Waals surface area (Å²) in [6, 6.07) is -0.592. The predicted molar refractivity (Wildman–Crippen MR) is 52.4 cm³/mol. The summed E-state index contributed by atoms with van der Waals surface area (Å²) < 4.78 is 0. The van der Waals surface area contributed by atoms with Crippen LogP contribution < -0.4 is 16.4 Å². The molecule has 14 heavy (non-hydrogen) atoms. The van der Waals surface area contributed by atoms with Crippen LogP contribution in [0.2, 0.25) is 0 Å². The molecule has 1 saturated heterocycles. The van der Waals surface area contributed by atoms with Gasteiger partial charge in [-0.15, -0.1) is 0 Å². The van der Waals surface area contributed by atoms with Crippen LogP contribution in [0.1, 0.15) is 20.3 Å². The molecule has 5 heteroatoms. The fourth-order valence-electron chi connectivity index (χ4n) is 1.31. The lowest BCUT2D eigenvalue weighted by atomic mass is 10.0. The molecular weight excluding hydrogens is 182 g/mol. The first-order chi connectivity index (χ1) is 6.50. The Morgan fingerprint density at radius 1 is 1.64 bits per heavy atom. The maximum atomic E-state index is 11.5. The summed E-state index contributed by atoms with van der Waals surface area (Å²) in [6.07, 6.45) is 0.358. The van der Waals surface area contributed by atoms with Gasteiger partial charge in [0.15, 0.2) is 0 Å². The highest BCUT2D eigenvalue weighted by molar-refractivity contribution is 5.84. The second kappa shape index (κ2) is 4.41. The summed E-state index contributed by atoms with van der Waals surface area (Å²) in [5.41, 5.74) is 5.66. The summed E-state index contributed by atoms with van der Waals surface area (Å²) in [6.45, 7) is 4.29. The molecule has 1 aliphatic rings. The van der Waals surface area contributed by atoms with Gasteiger partial charge in [0.05, 0.1) is 12.1 Å². The molecule has 0 bridgehead atoms. The first-order valence-corrected chi connectivity index (χ1v) is 4.83. The normalized spacial score (nSPS) is 23.4. The van der Waals surface area contributed by atoms with Crippen molar-refractivity contribution in [3.05, 3.63) is 0 Å². The smallest absolute Gasteiger partial charge is 0.237 e. The number of nitrogens with two attached hydrogens (primary N) is 1. The molecule has 80 valence electrons. The fraction of sp³-hybridized carbons (Fsp3) is 0.778. The molecule has 1 aliphatic heterocycles. The molecule has 1 heterocycles. The minimum Gasteiger partial charge on any atom is -0.354 e. The third-order valence-electron chi connectivity index (χ3n) is 2.34. The summed E-state index contributed by atoms with van der Waals surface area (Å²) in [5.74, 6) is -0.0880. The van der Waals surface area contributed by atoms with Crippen molar-refractivity contribution in [2.75, 3.05) is 6.54 Å². The van der Waals surface area contributed by atoms with Crippen LogP contribution in [0.25, 0.3) is 0 Å². The summed E-state index contributed by atoms with van der Waals surface area (Å²) >= 11 is 0. The Kier molecular flexibility index (Phi) is 3.46. The lowest BCUT2D eigenvalue weighted by molar-refractivity contribution is -0.123. The topological polar surface area (TPSA) is 84.2 Å². The van der Waals surface area contributed by atoms with E-state index in [1.54, 1.807) is 0 Å². The highest BCUT2D eigenvalue weighted by Gasteiger charge is 2.25. The Balaban J connectivity index is 2.37. The van der Waals surface area contributed by atoms with Gasteiger partial charge in [-0.3, -0.25) is 9.59 Å². The van der Waals surface area contributed by atoms with Crippen molar-refractivity contribution in [3.8, 4) is 0 Å². The van der Waals surface area contributed by atoms with Gasteiger partial charge < -0.3 is 16.4 Å². The molecule has 0 spiro atoms. The summed E-state index contributed by atoms with van der Waals surface area (Å²) in [5, 5.41) is 5.39. The van der Waals surface area contributed by atoms with Crippen molar-refractivity contribution in [2.45, 2.75) is 32.4 Å². The molecule has 0 aromatic carbocycles. The lowest BCUT2D eigenvalue weighted by Gasteiger charge is -2.17. The highest BCUT2D eigenvalue weighted by atomic mass is 16.2. The van der Waals surface area contributed by atoms with Crippen LogP contribution in [-0.2, 0) is 9.59 Å². The average molecular weight is 199 g/mol. The standard InChI is InChI=1S/C9H17N3O2/c1-5(2)8(10)9(14)12-6-3-7(13)11-4-6/h5-6,8H,3-4,10H2,1-2H3,(H,11,13)(H,12,14)/t6?,8-/m0/s1. The number of nitrogens with one attached hydrogen (secondary N) is 2. The van der Waals surface area contributed by atoms with Crippen molar-refractivity contribution >= 4 is 11.8 Å². The molecule has 5 nitrogen and oxygen atoms in total. The molecular formula is C9H17N3O2. The Labute approximate surface area is 83.4 Å². The number of carbonyl (C=O) groups excluding carboxylic acids is 2. The van der Waals surface area contributed by atoms with Crippen LogP contribution in [0.3, 0.4) is 0 Å². The number of carbonyl (C=O) groups is 2. The Hall–Kier alpha value is -1.10. The van der Waals surface area contributed by atoms with E-state index in [4.69, 9.17) is 5.73 Å². The highest BCUT2D eigenvalue weighted by Crippen LogP contribution is 2.02. The average Bonchev–Trinajstić information content (AvgIpc) is 2.49. The molecule has 0 aromatic heterocycles. The first kappa shape index (κ1) is 11.0. The van der Waals surface area contributed by atoms with Crippen LogP contribution in [-0.4, -0.2) is 30.4 Å². The first-order valence-electron chi connectivity index (χ1n) is 4.83. The second-order valence-corrected chi connectivity index (χ2v) is 3.98. The molecule has 0 radical (unpaired) electrons. The second-order valence-electron chi connectivity index (χ2n) is 3.98. The van der Waals surface area contributed by atoms with E-state index >= 15 is 0 Å².